The number of nitrogens with one attached hydrogen (secondary N) is 1. The van der Waals surface area contributed by atoms with Gasteiger partial charge in [0.25, 0.3) is 0 Å². The third-order valence-electron chi connectivity index (χ3n) is 4.47. The molecule has 2 unspecified atom stereocenters. The van der Waals surface area contributed by atoms with Crippen molar-refractivity contribution >= 4 is 21.9 Å². The Morgan fingerprint density at radius 2 is 1.87 bits per heavy atom. The topological polar surface area (TPSA) is 113 Å². The number of carboxylic acid groups (broad SMARTS) is 1. The van der Waals surface area contributed by atoms with Crippen LogP contribution in [-0.2, 0) is 19.6 Å². The van der Waals surface area contributed by atoms with Crippen LogP contribution in [0.25, 0.3) is 0 Å². The summed E-state index contributed by atoms with van der Waals surface area (Å²) in [5, 5.41) is 11.9. The second-order valence-electron chi connectivity index (χ2n) is 6.62. The Kier molecular flexibility index (Phi) is 6.40. The maximum absolute atomic E-state index is 12.9. The number of carboxylic acids is 1. The van der Waals surface area contributed by atoms with Gasteiger partial charge in [-0.3, -0.25) is 9.59 Å². The van der Waals surface area contributed by atoms with Crippen LogP contribution in [0.3, 0.4) is 0 Å². The highest BCUT2D eigenvalue weighted by molar-refractivity contribution is 7.89. The molecule has 0 saturated carbocycles. The van der Waals surface area contributed by atoms with Crippen molar-refractivity contribution in [2.24, 2.45) is 0 Å². The standard InChI is InChI=1S/C21H20N2O6S/c1-15-20(21(25)26)23(14-19(24)22-15)30(27,28)18-11-9-17(10-12-18)29-13-5-8-16-6-3-2-4-7-16/h2-4,6-7,9-12,15,20H,13-14H2,1H3,(H,22,24)(H,25,26). The average molecular weight is 428 g/mol. The van der Waals surface area contributed by atoms with Gasteiger partial charge in [0.05, 0.1) is 17.5 Å². The molecule has 1 aliphatic rings. The van der Waals surface area contributed by atoms with Crippen molar-refractivity contribution in [3.05, 3.63) is 60.2 Å². The van der Waals surface area contributed by atoms with Crippen molar-refractivity contribution in [1.82, 2.24) is 9.62 Å². The zero-order valence-corrected chi connectivity index (χ0v) is 16.9. The highest BCUT2D eigenvalue weighted by atomic mass is 32.2. The number of aliphatic carboxylic acids is 1. The fraction of sp³-hybridized carbons (Fsp3) is 0.238. The summed E-state index contributed by atoms with van der Waals surface area (Å²) in [6.07, 6.45) is 0. The fourth-order valence-corrected chi connectivity index (χ4v) is 4.67. The normalized spacial score (nSPS) is 19.3. The number of sulfonamides is 1. The van der Waals surface area contributed by atoms with Gasteiger partial charge in [0, 0.05) is 5.56 Å². The van der Waals surface area contributed by atoms with E-state index >= 15 is 0 Å². The summed E-state index contributed by atoms with van der Waals surface area (Å²) in [6.45, 7) is 1.01. The van der Waals surface area contributed by atoms with Gasteiger partial charge in [0.15, 0.2) is 0 Å². The van der Waals surface area contributed by atoms with E-state index in [9.17, 15) is 23.1 Å². The molecule has 1 amide bonds. The first-order valence-electron chi connectivity index (χ1n) is 9.10. The van der Waals surface area contributed by atoms with Crippen molar-refractivity contribution < 1.29 is 27.9 Å². The number of piperazine rings is 1. The highest BCUT2D eigenvalue weighted by Gasteiger charge is 2.44. The van der Waals surface area contributed by atoms with Gasteiger partial charge in [-0.25, -0.2) is 8.42 Å². The smallest absolute Gasteiger partial charge is 0.324 e. The largest absolute Gasteiger partial charge is 0.481 e. The van der Waals surface area contributed by atoms with Crippen LogP contribution >= 0.6 is 0 Å². The van der Waals surface area contributed by atoms with Crippen LogP contribution in [0.2, 0.25) is 0 Å². The minimum atomic E-state index is -4.19. The van der Waals surface area contributed by atoms with E-state index in [-0.39, 0.29) is 11.5 Å². The van der Waals surface area contributed by atoms with Crippen molar-refractivity contribution in [2.45, 2.75) is 23.9 Å². The van der Waals surface area contributed by atoms with Gasteiger partial charge in [0.1, 0.15) is 18.4 Å². The number of hydrogen-bond acceptors (Lipinski definition) is 5. The summed E-state index contributed by atoms with van der Waals surface area (Å²) in [6, 6.07) is 12.7. The van der Waals surface area contributed by atoms with Gasteiger partial charge >= 0.3 is 5.97 Å². The molecule has 2 N–H and O–H groups in total. The lowest BCUT2D eigenvalue weighted by Gasteiger charge is -2.36. The lowest BCUT2D eigenvalue weighted by molar-refractivity contribution is -0.144. The first-order valence-corrected chi connectivity index (χ1v) is 10.5. The predicted molar refractivity (Wildman–Crippen MR) is 108 cm³/mol. The maximum Gasteiger partial charge on any atom is 0.324 e. The van der Waals surface area contributed by atoms with E-state index in [0.29, 0.717) is 10.1 Å². The number of carbonyl (C=O) groups excluding carboxylic acids is 1. The molecule has 0 radical (unpaired) electrons. The van der Waals surface area contributed by atoms with E-state index in [1.54, 1.807) is 0 Å². The molecule has 0 aliphatic carbocycles. The van der Waals surface area contributed by atoms with Gasteiger partial charge in [-0.15, -0.1) is 0 Å². The van der Waals surface area contributed by atoms with Crippen molar-refractivity contribution in [3.8, 4) is 17.6 Å². The Morgan fingerprint density at radius 1 is 1.20 bits per heavy atom. The van der Waals surface area contributed by atoms with Crippen LogP contribution in [0.4, 0.5) is 0 Å². The van der Waals surface area contributed by atoms with Gasteiger partial charge in [0.2, 0.25) is 15.9 Å². The van der Waals surface area contributed by atoms with Crippen LogP contribution in [0.5, 0.6) is 5.75 Å². The number of ether oxygens (including phenoxy) is 1. The van der Waals surface area contributed by atoms with Crippen LogP contribution in [0.15, 0.2) is 59.5 Å². The van der Waals surface area contributed by atoms with Gasteiger partial charge < -0.3 is 15.2 Å². The molecule has 0 spiro atoms. The molecule has 1 heterocycles. The summed E-state index contributed by atoms with van der Waals surface area (Å²) >= 11 is 0. The third-order valence-corrected chi connectivity index (χ3v) is 6.31. The minimum absolute atomic E-state index is 0.117. The Balaban J connectivity index is 1.72. The van der Waals surface area contributed by atoms with Gasteiger partial charge in [-0.2, -0.15) is 4.31 Å². The molecule has 8 nitrogen and oxygen atoms in total. The number of benzene rings is 2. The van der Waals surface area contributed by atoms with Crippen LogP contribution in [-0.4, -0.2) is 54.9 Å². The molecule has 2 aromatic carbocycles. The SMILES string of the molecule is CC1NC(=O)CN(S(=O)(=O)c2ccc(OCC#Cc3ccccc3)cc2)C1C(=O)O. The predicted octanol–water partition coefficient (Wildman–Crippen LogP) is 1.08. The molecule has 1 fully saturated rings. The summed E-state index contributed by atoms with van der Waals surface area (Å²) in [7, 11) is -4.19. The minimum Gasteiger partial charge on any atom is -0.481 e. The number of rotatable bonds is 5. The lowest BCUT2D eigenvalue weighted by Crippen LogP contribution is -2.63. The van der Waals surface area contributed by atoms with Gasteiger partial charge in [-0.05, 0) is 43.3 Å². The molecule has 3 rings (SSSR count). The van der Waals surface area contributed by atoms with Crippen molar-refractivity contribution in [2.75, 3.05) is 13.2 Å². The second kappa shape index (κ2) is 8.98. The number of carbonyl (C=O) groups is 2. The molecular formula is C21H20N2O6S. The third kappa shape index (κ3) is 4.79. The second-order valence-corrected chi connectivity index (χ2v) is 8.51. The molecular weight excluding hydrogens is 408 g/mol. The number of hydrogen-bond donors (Lipinski definition) is 2. The van der Waals surface area contributed by atoms with Crippen molar-refractivity contribution in [1.29, 1.82) is 0 Å². The van der Waals surface area contributed by atoms with Gasteiger partial charge in [-0.1, -0.05) is 30.0 Å². The molecule has 1 saturated heterocycles. The molecule has 0 aromatic heterocycles. The molecule has 30 heavy (non-hydrogen) atoms. The molecule has 2 aromatic rings. The molecule has 2 atom stereocenters. The summed E-state index contributed by atoms with van der Waals surface area (Å²) in [5.41, 5.74) is 0.857. The Labute approximate surface area is 174 Å². The highest BCUT2D eigenvalue weighted by Crippen LogP contribution is 2.24. The summed E-state index contributed by atoms with van der Waals surface area (Å²) in [5.74, 6) is 4.34. The lowest BCUT2D eigenvalue weighted by atomic mass is 10.1. The van der Waals surface area contributed by atoms with Crippen LogP contribution in [0.1, 0.15) is 12.5 Å². The maximum atomic E-state index is 12.9. The molecule has 1 aliphatic heterocycles. The quantitative estimate of drug-likeness (QED) is 0.689. The van der Waals surface area contributed by atoms with E-state index in [2.05, 4.69) is 17.2 Å². The summed E-state index contributed by atoms with van der Waals surface area (Å²) in [4.78, 5) is 23.2. The zero-order valence-electron chi connectivity index (χ0n) is 16.1. The van der Waals surface area contributed by atoms with E-state index in [0.717, 1.165) is 5.56 Å². The van der Waals surface area contributed by atoms with E-state index in [4.69, 9.17) is 4.74 Å². The van der Waals surface area contributed by atoms with Crippen LogP contribution < -0.4 is 10.1 Å². The average Bonchev–Trinajstić information content (AvgIpc) is 2.71. The van der Waals surface area contributed by atoms with E-state index in [1.165, 1.54) is 31.2 Å². The Morgan fingerprint density at radius 3 is 2.50 bits per heavy atom. The van der Waals surface area contributed by atoms with Crippen LogP contribution in [0, 0.1) is 11.8 Å². The van der Waals surface area contributed by atoms with Crippen molar-refractivity contribution in [3.63, 3.8) is 0 Å². The Hall–Kier alpha value is -3.35. The fourth-order valence-electron chi connectivity index (χ4n) is 3.06. The zero-order chi connectivity index (χ0) is 21.7. The first-order chi connectivity index (χ1) is 14.3. The number of amides is 1. The molecule has 9 heteroatoms. The molecule has 156 valence electrons. The number of nitrogens with zero attached hydrogens (tertiary/aromatic N) is 1. The Bertz CT molecular complexity index is 1090. The first kappa shape index (κ1) is 21.4. The van der Waals surface area contributed by atoms with E-state index < -0.39 is 40.5 Å². The van der Waals surface area contributed by atoms with E-state index in [1.807, 2.05) is 30.3 Å². The molecule has 0 bridgehead atoms. The summed E-state index contributed by atoms with van der Waals surface area (Å²) < 4.78 is 32.1. The monoisotopic (exact) mass is 428 g/mol.